The summed E-state index contributed by atoms with van der Waals surface area (Å²) in [4.78, 5) is 0. The lowest BCUT2D eigenvalue weighted by atomic mass is 9.89. The van der Waals surface area contributed by atoms with E-state index in [9.17, 15) is 5.11 Å². The van der Waals surface area contributed by atoms with Crippen LogP contribution < -0.4 is 5.73 Å². The van der Waals surface area contributed by atoms with Crippen molar-refractivity contribution in [3.63, 3.8) is 0 Å². The highest BCUT2D eigenvalue weighted by atomic mass is 16.5. The molecule has 0 spiro atoms. The molecule has 1 atom stereocenters. The average molecular weight is 209 g/mol. The van der Waals surface area contributed by atoms with E-state index in [1.165, 1.54) is 0 Å². The van der Waals surface area contributed by atoms with E-state index in [4.69, 9.17) is 10.5 Å². The first kappa shape index (κ1) is 12.2. The lowest BCUT2D eigenvalue weighted by Crippen LogP contribution is -2.41. The molecule has 0 aliphatic heterocycles. The zero-order valence-corrected chi connectivity index (χ0v) is 9.15. The molecule has 3 heteroatoms. The number of aliphatic hydroxyl groups is 1. The normalized spacial score (nSPS) is 14.9. The number of rotatable bonds is 6. The summed E-state index contributed by atoms with van der Waals surface area (Å²) in [5.41, 5.74) is 6.40. The molecule has 0 fully saturated rings. The second-order valence-electron chi connectivity index (χ2n) is 3.63. The lowest BCUT2D eigenvalue weighted by Gasteiger charge is -2.27. The molecule has 0 aromatic heterocycles. The molecule has 84 valence electrons. The summed E-state index contributed by atoms with van der Waals surface area (Å²) in [6.45, 7) is 3.13. The molecule has 0 aliphatic rings. The molecule has 1 aromatic rings. The van der Waals surface area contributed by atoms with Crippen molar-refractivity contribution in [1.82, 2.24) is 0 Å². The van der Waals surface area contributed by atoms with Gasteiger partial charge in [0.2, 0.25) is 0 Å². The van der Waals surface area contributed by atoms with Crippen LogP contribution in [0.5, 0.6) is 0 Å². The van der Waals surface area contributed by atoms with Crippen LogP contribution >= 0.6 is 0 Å². The van der Waals surface area contributed by atoms with E-state index in [0.29, 0.717) is 19.6 Å². The Labute approximate surface area is 90.9 Å². The third-order valence-corrected chi connectivity index (χ3v) is 2.53. The summed E-state index contributed by atoms with van der Waals surface area (Å²) in [7, 11) is 0. The number of aliphatic hydroxyl groups excluding tert-OH is 1. The van der Waals surface area contributed by atoms with Gasteiger partial charge in [0.05, 0.1) is 12.1 Å². The molecule has 0 heterocycles. The second-order valence-corrected chi connectivity index (χ2v) is 3.63. The summed E-state index contributed by atoms with van der Waals surface area (Å²) in [5.74, 6) is 0. The van der Waals surface area contributed by atoms with Crippen LogP contribution in [0.3, 0.4) is 0 Å². The first-order valence-corrected chi connectivity index (χ1v) is 5.26. The van der Waals surface area contributed by atoms with Crippen molar-refractivity contribution >= 4 is 0 Å². The zero-order valence-electron chi connectivity index (χ0n) is 9.15. The minimum Gasteiger partial charge on any atom is -0.394 e. The van der Waals surface area contributed by atoms with Crippen molar-refractivity contribution in [2.75, 3.05) is 19.8 Å². The third kappa shape index (κ3) is 3.30. The smallest absolute Gasteiger partial charge is 0.0666 e. The van der Waals surface area contributed by atoms with Crippen LogP contribution in [0.1, 0.15) is 18.9 Å². The van der Waals surface area contributed by atoms with Crippen molar-refractivity contribution in [2.24, 2.45) is 5.73 Å². The number of benzene rings is 1. The van der Waals surface area contributed by atoms with Gasteiger partial charge in [0.1, 0.15) is 0 Å². The van der Waals surface area contributed by atoms with Crippen molar-refractivity contribution in [1.29, 1.82) is 0 Å². The molecule has 1 unspecified atom stereocenters. The van der Waals surface area contributed by atoms with Crippen LogP contribution in [0.4, 0.5) is 0 Å². The molecule has 1 rings (SSSR count). The van der Waals surface area contributed by atoms with Gasteiger partial charge in [0.15, 0.2) is 0 Å². The first-order valence-electron chi connectivity index (χ1n) is 5.26. The van der Waals surface area contributed by atoms with Gasteiger partial charge in [0.25, 0.3) is 0 Å². The molecule has 0 bridgehead atoms. The SMILES string of the molecule is CCOCCC(N)(CO)c1ccccc1. The minimum atomic E-state index is -0.684. The van der Waals surface area contributed by atoms with Crippen LogP contribution in [-0.4, -0.2) is 24.9 Å². The van der Waals surface area contributed by atoms with E-state index in [2.05, 4.69) is 0 Å². The van der Waals surface area contributed by atoms with E-state index in [0.717, 1.165) is 5.56 Å². The highest BCUT2D eigenvalue weighted by Gasteiger charge is 2.25. The number of hydrogen-bond acceptors (Lipinski definition) is 3. The number of hydrogen-bond donors (Lipinski definition) is 2. The summed E-state index contributed by atoms with van der Waals surface area (Å²) in [6, 6.07) is 9.65. The fourth-order valence-electron chi connectivity index (χ4n) is 1.48. The topological polar surface area (TPSA) is 55.5 Å². The maximum Gasteiger partial charge on any atom is 0.0666 e. The lowest BCUT2D eigenvalue weighted by molar-refractivity contribution is 0.102. The van der Waals surface area contributed by atoms with Crippen molar-refractivity contribution in [3.8, 4) is 0 Å². The van der Waals surface area contributed by atoms with Gasteiger partial charge in [-0.2, -0.15) is 0 Å². The summed E-state index contributed by atoms with van der Waals surface area (Å²) < 4.78 is 5.26. The van der Waals surface area contributed by atoms with Gasteiger partial charge in [-0.25, -0.2) is 0 Å². The van der Waals surface area contributed by atoms with Crippen molar-refractivity contribution in [3.05, 3.63) is 35.9 Å². The Hall–Kier alpha value is -0.900. The molecule has 0 radical (unpaired) electrons. The Kier molecular flexibility index (Phi) is 4.75. The summed E-state index contributed by atoms with van der Waals surface area (Å²) >= 11 is 0. The van der Waals surface area contributed by atoms with E-state index in [-0.39, 0.29) is 6.61 Å². The van der Waals surface area contributed by atoms with Crippen molar-refractivity contribution < 1.29 is 9.84 Å². The van der Waals surface area contributed by atoms with Gasteiger partial charge in [-0.3, -0.25) is 0 Å². The molecular weight excluding hydrogens is 190 g/mol. The molecule has 0 saturated heterocycles. The van der Waals surface area contributed by atoms with Crippen LogP contribution in [0.25, 0.3) is 0 Å². The van der Waals surface area contributed by atoms with Gasteiger partial charge in [-0.05, 0) is 18.9 Å². The van der Waals surface area contributed by atoms with Gasteiger partial charge < -0.3 is 15.6 Å². The molecule has 0 saturated carbocycles. The summed E-state index contributed by atoms with van der Waals surface area (Å²) in [5, 5.41) is 9.36. The largest absolute Gasteiger partial charge is 0.394 e. The Balaban J connectivity index is 2.67. The molecule has 3 nitrogen and oxygen atoms in total. The molecule has 15 heavy (non-hydrogen) atoms. The van der Waals surface area contributed by atoms with Gasteiger partial charge >= 0.3 is 0 Å². The average Bonchev–Trinajstić information content (AvgIpc) is 2.30. The summed E-state index contributed by atoms with van der Waals surface area (Å²) in [6.07, 6.45) is 0.626. The van der Waals surface area contributed by atoms with Crippen molar-refractivity contribution in [2.45, 2.75) is 18.9 Å². The molecule has 1 aromatic carbocycles. The molecule has 0 aliphatic carbocycles. The highest BCUT2D eigenvalue weighted by Crippen LogP contribution is 2.21. The Morgan fingerprint density at radius 1 is 1.33 bits per heavy atom. The van der Waals surface area contributed by atoms with E-state index < -0.39 is 5.54 Å². The molecular formula is C12H19NO2. The Morgan fingerprint density at radius 2 is 2.00 bits per heavy atom. The second kappa shape index (κ2) is 5.85. The Bertz CT molecular complexity index is 276. The molecule has 3 N–H and O–H groups in total. The quantitative estimate of drug-likeness (QED) is 0.693. The maximum absolute atomic E-state index is 9.36. The van der Waals surface area contributed by atoms with Gasteiger partial charge in [0, 0.05) is 13.2 Å². The molecule has 0 amide bonds. The van der Waals surface area contributed by atoms with E-state index in [1.54, 1.807) is 0 Å². The van der Waals surface area contributed by atoms with Crippen LogP contribution in [0.2, 0.25) is 0 Å². The standard InChI is InChI=1S/C12H19NO2/c1-2-15-9-8-12(13,10-14)11-6-4-3-5-7-11/h3-7,14H,2,8-10,13H2,1H3. The highest BCUT2D eigenvalue weighted by molar-refractivity contribution is 5.23. The minimum absolute atomic E-state index is 0.0654. The van der Waals surface area contributed by atoms with Crippen LogP contribution in [-0.2, 0) is 10.3 Å². The van der Waals surface area contributed by atoms with Crippen LogP contribution in [0.15, 0.2) is 30.3 Å². The number of ether oxygens (including phenoxy) is 1. The van der Waals surface area contributed by atoms with E-state index in [1.807, 2.05) is 37.3 Å². The van der Waals surface area contributed by atoms with E-state index >= 15 is 0 Å². The predicted octanol–water partition coefficient (Wildman–Crippen LogP) is 1.26. The fourth-order valence-corrected chi connectivity index (χ4v) is 1.48. The van der Waals surface area contributed by atoms with Crippen LogP contribution in [0, 0.1) is 0 Å². The zero-order chi connectivity index (χ0) is 11.1. The number of nitrogens with two attached hydrogens (primary N) is 1. The fraction of sp³-hybridized carbons (Fsp3) is 0.500. The first-order chi connectivity index (χ1) is 7.23. The monoisotopic (exact) mass is 209 g/mol. The van der Waals surface area contributed by atoms with Gasteiger partial charge in [-0.15, -0.1) is 0 Å². The van der Waals surface area contributed by atoms with Gasteiger partial charge in [-0.1, -0.05) is 30.3 Å². The Morgan fingerprint density at radius 3 is 2.53 bits per heavy atom. The third-order valence-electron chi connectivity index (χ3n) is 2.53. The predicted molar refractivity (Wildman–Crippen MR) is 60.5 cm³/mol. The maximum atomic E-state index is 9.36.